The highest BCUT2D eigenvalue weighted by Gasteiger charge is 2.31. The first-order valence-corrected chi connectivity index (χ1v) is 6.46. The van der Waals surface area contributed by atoms with Crippen molar-refractivity contribution in [3.63, 3.8) is 0 Å². The first-order valence-electron chi connectivity index (χ1n) is 4.94. The Kier molecular flexibility index (Phi) is 4.30. The number of hydrogen-bond donors (Lipinski definition) is 0. The Morgan fingerprint density at radius 2 is 2.33 bits per heavy atom. The van der Waals surface area contributed by atoms with E-state index in [4.69, 9.17) is 4.74 Å². The lowest BCUT2D eigenvalue weighted by Crippen LogP contribution is -2.39. The molecular formula is C10H19IO. The maximum Gasteiger partial charge on any atom is 0.0747 e. The molecule has 2 heteroatoms. The lowest BCUT2D eigenvalue weighted by molar-refractivity contribution is -0.104. The predicted molar refractivity (Wildman–Crippen MR) is 60.9 cm³/mol. The van der Waals surface area contributed by atoms with E-state index >= 15 is 0 Å². The van der Waals surface area contributed by atoms with Gasteiger partial charge in [-0.25, -0.2) is 0 Å². The molecule has 0 aromatic heterocycles. The number of alkyl halides is 1. The fraction of sp³-hybridized carbons (Fsp3) is 1.00. The lowest BCUT2D eigenvalue weighted by Gasteiger charge is -2.37. The van der Waals surface area contributed by atoms with Gasteiger partial charge in [0.1, 0.15) is 0 Å². The summed E-state index contributed by atoms with van der Waals surface area (Å²) in [5.74, 6) is 0. The molecule has 1 saturated heterocycles. The maximum atomic E-state index is 6.06. The van der Waals surface area contributed by atoms with Crippen LogP contribution in [0.25, 0.3) is 0 Å². The third kappa shape index (κ3) is 2.87. The van der Waals surface area contributed by atoms with Crippen LogP contribution >= 0.6 is 22.6 Å². The highest BCUT2D eigenvalue weighted by atomic mass is 127. The zero-order valence-electron chi connectivity index (χ0n) is 8.11. The van der Waals surface area contributed by atoms with Crippen molar-refractivity contribution < 1.29 is 4.74 Å². The molecule has 1 aliphatic heterocycles. The Morgan fingerprint density at radius 3 is 2.92 bits per heavy atom. The molecule has 1 fully saturated rings. The molecule has 1 rings (SSSR count). The maximum absolute atomic E-state index is 6.06. The molecule has 0 N–H and O–H groups in total. The first kappa shape index (κ1) is 10.8. The molecule has 0 amide bonds. The summed E-state index contributed by atoms with van der Waals surface area (Å²) >= 11 is 2.44. The summed E-state index contributed by atoms with van der Waals surface area (Å²) in [6.45, 7) is 4.49. The average Bonchev–Trinajstić information content (AvgIpc) is 2.05. The van der Waals surface area contributed by atoms with Gasteiger partial charge in [-0.2, -0.15) is 0 Å². The molecule has 12 heavy (non-hydrogen) atoms. The zero-order chi connectivity index (χ0) is 9.03. The second-order valence-corrected chi connectivity index (χ2v) is 4.77. The molecular weight excluding hydrogens is 263 g/mol. The average molecular weight is 282 g/mol. The third-order valence-corrected chi connectivity index (χ3v) is 4.19. The highest BCUT2D eigenvalue weighted by Crippen LogP contribution is 2.31. The van der Waals surface area contributed by atoms with Crippen molar-refractivity contribution in [1.29, 1.82) is 0 Å². The Balaban J connectivity index is 2.39. The van der Waals surface area contributed by atoms with E-state index in [1.54, 1.807) is 0 Å². The van der Waals surface area contributed by atoms with Crippen LogP contribution in [0.2, 0.25) is 0 Å². The van der Waals surface area contributed by atoms with Gasteiger partial charge in [-0.05, 0) is 32.6 Å². The Morgan fingerprint density at radius 1 is 1.58 bits per heavy atom. The van der Waals surface area contributed by atoms with E-state index in [0.29, 0.717) is 6.10 Å². The van der Waals surface area contributed by atoms with Crippen LogP contribution in [-0.4, -0.2) is 16.1 Å². The molecule has 0 radical (unpaired) electrons. The number of ether oxygens (including phenoxy) is 1. The molecule has 0 aliphatic carbocycles. The summed E-state index contributed by atoms with van der Waals surface area (Å²) in [5.41, 5.74) is 0.179. The van der Waals surface area contributed by atoms with E-state index in [0.717, 1.165) is 4.43 Å². The minimum absolute atomic E-state index is 0.179. The first-order chi connectivity index (χ1) is 5.70. The van der Waals surface area contributed by atoms with Gasteiger partial charge in [0.25, 0.3) is 0 Å². The summed E-state index contributed by atoms with van der Waals surface area (Å²) in [5, 5.41) is 0. The van der Waals surface area contributed by atoms with Crippen LogP contribution in [0.1, 0.15) is 46.0 Å². The number of halogens is 1. The van der Waals surface area contributed by atoms with Gasteiger partial charge in [0, 0.05) is 4.43 Å². The van der Waals surface area contributed by atoms with Crippen molar-refractivity contribution in [3.8, 4) is 0 Å². The van der Waals surface area contributed by atoms with Crippen LogP contribution in [0.4, 0.5) is 0 Å². The Labute approximate surface area is 89.4 Å². The van der Waals surface area contributed by atoms with E-state index in [-0.39, 0.29) is 5.60 Å². The van der Waals surface area contributed by atoms with Crippen molar-refractivity contribution >= 4 is 22.6 Å². The highest BCUT2D eigenvalue weighted by molar-refractivity contribution is 14.1. The standard InChI is InChI=1S/C10H19IO/c1-3-5-9-6-4-7-10(2,8-11)12-9/h9H,3-8H2,1-2H3. The third-order valence-electron chi connectivity index (χ3n) is 2.58. The van der Waals surface area contributed by atoms with Crippen molar-refractivity contribution in [1.82, 2.24) is 0 Å². The van der Waals surface area contributed by atoms with E-state index in [9.17, 15) is 0 Å². The summed E-state index contributed by atoms with van der Waals surface area (Å²) < 4.78 is 7.19. The SMILES string of the molecule is CCCC1CCCC(C)(CI)O1. The molecule has 2 atom stereocenters. The Hall–Kier alpha value is 0.690. The van der Waals surface area contributed by atoms with Crippen LogP contribution < -0.4 is 0 Å². The van der Waals surface area contributed by atoms with Crippen LogP contribution in [0.5, 0.6) is 0 Å². The van der Waals surface area contributed by atoms with Gasteiger partial charge in [0.2, 0.25) is 0 Å². The fourth-order valence-electron chi connectivity index (χ4n) is 1.85. The van der Waals surface area contributed by atoms with E-state index < -0.39 is 0 Å². The quantitative estimate of drug-likeness (QED) is 0.568. The smallest absolute Gasteiger partial charge is 0.0747 e. The molecule has 2 unspecified atom stereocenters. The van der Waals surface area contributed by atoms with E-state index in [1.807, 2.05) is 0 Å². The monoisotopic (exact) mass is 282 g/mol. The van der Waals surface area contributed by atoms with Crippen LogP contribution in [0, 0.1) is 0 Å². The Bertz CT molecular complexity index is 136. The van der Waals surface area contributed by atoms with Crippen molar-refractivity contribution in [2.75, 3.05) is 4.43 Å². The van der Waals surface area contributed by atoms with Gasteiger partial charge in [0.05, 0.1) is 11.7 Å². The molecule has 1 aliphatic rings. The predicted octanol–water partition coefficient (Wildman–Crippen LogP) is 3.55. The summed E-state index contributed by atoms with van der Waals surface area (Å²) in [4.78, 5) is 0. The summed E-state index contributed by atoms with van der Waals surface area (Å²) in [6.07, 6.45) is 6.91. The zero-order valence-corrected chi connectivity index (χ0v) is 10.3. The van der Waals surface area contributed by atoms with Gasteiger partial charge >= 0.3 is 0 Å². The van der Waals surface area contributed by atoms with Gasteiger partial charge in [-0.15, -0.1) is 0 Å². The van der Waals surface area contributed by atoms with Crippen molar-refractivity contribution in [2.24, 2.45) is 0 Å². The van der Waals surface area contributed by atoms with E-state index in [1.165, 1.54) is 32.1 Å². The van der Waals surface area contributed by atoms with Gasteiger partial charge in [-0.3, -0.25) is 0 Å². The largest absolute Gasteiger partial charge is 0.371 e. The van der Waals surface area contributed by atoms with Gasteiger partial charge in [-0.1, -0.05) is 35.9 Å². The van der Waals surface area contributed by atoms with Crippen LogP contribution in [0.15, 0.2) is 0 Å². The number of hydrogen-bond acceptors (Lipinski definition) is 1. The van der Waals surface area contributed by atoms with E-state index in [2.05, 4.69) is 36.4 Å². The fourth-order valence-corrected chi connectivity index (χ4v) is 2.41. The second-order valence-electron chi connectivity index (χ2n) is 4.00. The molecule has 0 spiro atoms. The molecule has 0 aromatic carbocycles. The normalized spacial score (nSPS) is 36.8. The molecule has 0 aromatic rings. The van der Waals surface area contributed by atoms with Crippen LogP contribution in [0.3, 0.4) is 0 Å². The minimum atomic E-state index is 0.179. The molecule has 1 nitrogen and oxygen atoms in total. The minimum Gasteiger partial charge on any atom is -0.371 e. The van der Waals surface area contributed by atoms with Crippen LogP contribution in [-0.2, 0) is 4.74 Å². The van der Waals surface area contributed by atoms with Crippen molar-refractivity contribution in [3.05, 3.63) is 0 Å². The molecule has 0 bridgehead atoms. The van der Waals surface area contributed by atoms with Crippen molar-refractivity contribution in [2.45, 2.75) is 57.7 Å². The lowest BCUT2D eigenvalue weighted by atomic mass is 9.93. The number of rotatable bonds is 3. The molecule has 72 valence electrons. The summed E-state index contributed by atoms with van der Waals surface area (Å²) in [6, 6.07) is 0. The molecule has 1 heterocycles. The molecule has 0 saturated carbocycles. The summed E-state index contributed by atoms with van der Waals surface area (Å²) in [7, 11) is 0. The van der Waals surface area contributed by atoms with Gasteiger partial charge < -0.3 is 4.74 Å². The second kappa shape index (κ2) is 4.80. The topological polar surface area (TPSA) is 9.23 Å². The van der Waals surface area contributed by atoms with Gasteiger partial charge in [0.15, 0.2) is 0 Å².